The molecule has 8 heteroatoms. The summed E-state index contributed by atoms with van der Waals surface area (Å²) in [5.74, 6) is 0.200. The van der Waals surface area contributed by atoms with Gasteiger partial charge in [0.05, 0.1) is 16.3 Å². The SMILES string of the molecule is CN1C2=NC(=O)/C(=C\c3ccc([N+](=O)[O-])s3)N2c2ccccc21. The first-order valence-electron chi connectivity index (χ1n) is 6.78. The van der Waals surface area contributed by atoms with Gasteiger partial charge in [0.25, 0.3) is 5.91 Å². The Labute approximate surface area is 134 Å². The fourth-order valence-electron chi connectivity index (χ4n) is 2.69. The molecular weight excluding hydrogens is 316 g/mol. The second kappa shape index (κ2) is 4.75. The lowest BCUT2D eigenvalue weighted by molar-refractivity contribution is -0.380. The summed E-state index contributed by atoms with van der Waals surface area (Å²) in [6.07, 6.45) is 1.65. The predicted molar refractivity (Wildman–Crippen MR) is 88.7 cm³/mol. The van der Waals surface area contributed by atoms with Gasteiger partial charge in [0, 0.05) is 18.0 Å². The number of benzene rings is 1. The Hall–Kier alpha value is -3.00. The van der Waals surface area contributed by atoms with Crippen LogP contribution in [0.4, 0.5) is 16.4 Å². The number of thiophene rings is 1. The van der Waals surface area contributed by atoms with Crippen molar-refractivity contribution in [2.75, 3.05) is 16.8 Å². The normalized spacial score (nSPS) is 17.5. The summed E-state index contributed by atoms with van der Waals surface area (Å²) in [5, 5.41) is 10.8. The first kappa shape index (κ1) is 13.6. The van der Waals surface area contributed by atoms with Crippen molar-refractivity contribution in [3.8, 4) is 0 Å². The predicted octanol–water partition coefficient (Wildman–Crippen LogP) is 2.85. The van der Waals surface area contributed by atoms with E-state index < -0.39 is 4.92 Å². The van der Waals surface area contributed by atoms with E-state index >= 15 is 0 Å². The third-order valence-electron chi connectivity index (χ3n) is 3.72. The van der Waals surface area contributed by atoms with Crippen molar-refractivity contribution in [2.24, 2.45) is 4.99 Å². The molecule has 1 amide bonds. The van der Waals surface area contributed by atoms with Crippen LogP contribution in [0.5, 0.6) is 0 Å². The molecular formula is C15H10N4O3S. The molecule has 0 spiro atoms. The van der Waals surface area contributed by atoms with Gasteiger partial charge in [0.2, 0.25) is 5.96 Å². The fraction of sp³-hybridized carbons (Fsp3) is 0.0667. The molecule has 1 aromatic heterocycles. The average Bonchev–Trinajstić information content (AvgIpc) is 3.19. The maximum atomic E-state index is 12.2. The van der Waals surface area contributed by atoms with Gasteiger partial charge >= 0.3 is 5.00 Å². The number of nitrogens with zero attached hydrogens (tertiary/aromatic N) is 4. The molecule has 0 fully saturated rings. The van der Waals surface area contributed by atoms with Gasteiger partial charge in [-0.05, 0) is 24.3 Å². The topological polar surface area (TPSA) is 79.0 Å². The summed E-state index contributed by atoms with van der Waals surface area (Å²) in [5.41, 5.74) is 2.23. The maximum Gasteiger partial charge on any atom is 0.324 e. The Morgan fingerprint density at radius 3 is 2.65 bits per heavy atom. The van der Waals surface area contributed by atoms with Crippen molar-refractivity contribution in [1.82, 2.24) is 0 Å². The Kier molecular flexibility index (Phi) is 2.82. The van der Waals surface area contributed by atoms with Crippen LogP contribution in [0.25, 0.3) is 6.08 Å². The Morgan fingerprint density at radius 1 is 1.22 bits per heavy atom. The first-order chi connectivity index (χ1) is 11.1. The molecule has 0 saturated carbocycles. The molecule has 0 unspecified atom stereocenters. The van der Waals surface area contributed by atoms with E-state index in [1.54, 1.807) is 17.0 Å². The molecule has 0 atom stereocenters. The number of rotatable bonds is 2. The molecule has 7 nitrogen and oxygen atoms in total. The highest BCUT2D eigenvalue weighted by Crippen LogP contribution is 2.42. The Morgan fingerprint density at radius 2 is 1.96 bits per heavy atom. The number of carbonyl (C=O) groups is 1. The van der Waals surface area contributed by atoms with Crippen molar-refractivity contribution >= 4 is 45.7 Å². The van der Waals surface area contributed by atoms with Gasteiger partial charge in [-0.25, -0.2) is 0 Å². The molecule has 0 bridgehead atoms. The second-order valence-corrected chi connectivity index (χ2v) is 6.16. The lowest BCUT2D eigenvalue weighted by atomic mass is 10.2. The highest BCUT2D eigenvalue weighted by molar-refractivity contribution is 7.16. The van der Waals surface area contributed by atoms with E-state index in [0.29, 0.717) is 16.5 Å². The summed E-state index contributed by atoms with van der Waals surface area (Å²) in [6, 6.07) is 10.7. The molecule has 3 heterocycles. The zero-order chi connectivity index (χ0) is 16.1. The maximum absolute atomic E-state index is 12.2. The van der Waals surface area contributed by atoms with E-state index in [0.717, 1.165) is 22.7 Å². The van der Waals surface area contributed by atoms with Crippen LogP contribution in [-0.2, 0) is 4.79 Å². The molecule has 2 aliphatic heterocycles. The van der Waals surface area contributed by atoms with Crippen LogP contribution in [0.15, 0.2) is 47.1 Å². The lowest BCUT2D eigenvalue weighted by Crippen LogP contribution is -2.31. The van der Waals surface area contributed by atoms with E-state index in [9.17, 15) is 14.9 Å². The number of amides is 1. The van der Waals surface area contributed by atoms with Crippen molar-refractivity contribution < 1.29 is 9.72 Å². The molecule has 23 heavy (non-hydrogen) atoms. The summed E-state index contributed by atoms with van der Waals surface area (Å²) < 4.78 is 0. The zero-order valence-electron chi connectivity index (χ0n) is 12.0. The minimum absolute atomic E-state index is 0.0439. The average molecular weight is 326 g/mol. The van der Waals surface area contributed by atoms with Gasteiger partial charge in [-0.15, -0.1) is 0 Å². The van der Waals surface area contributed by atoms with E-state index in [1.165, 1.54) is 6.07 Å². The van der Waals surface area contributed by atoms with Gasteiger partial charge in [0.15, 0.2) is 0 Å². The highest BCUT2D eigenvalue weighted by Gasteiger charge is 2.40. The van der Waals surface area contributed by atoms with Gasteiger partial charge < -0.3 is 4.90 Å². The van der Waals surface area contributed by atoms with Gasteiger partial charge in [-0.3, -0.25) is 19.8 Å². The van der Waals surface area contributed by atoms with Crippen molar-refractivity contribution in [3.05, 3.63) is 57.1 Å². The summed E-state index contributed by atoms with van der Waals surface area (Å²) in [6.45, 7) is 0. The van der Waals surface area contributed by atoms with Gasteiger partial charge in [0.1, 0.15) is 5.70 Å². The molecule has 0 N–H and O–H groups in total. The highest BCUT2D eigenvalue weighted by atomic mass is 32.1. The van der Waals surface area contributed by atoms with E-state index in [2.05, 4.69) is 4.99 Å². The molecule has 1 aromatic carbocycles. The number of hydrogen-bond acceptors (Lipinski definition) is 6. The summed E-state index contributed by atoms with van der Waals surface area (Å²) in [7, 11) is 1.85. The summed E-state index contributed by atoms with van der Waals surface area (Å²) in [4.78, 5) is 31.0. The lowest BCUT2D eigenvalue weighted by Gasteiger charge is -2.14. The standard InChI is InChI=1S/C15H10N4O3S/c1-17-10-4-2-3-5-11(10)18-12(14(20)16-15(17)18)8-9-6-7-13(23-9)19(21)22/h2-8H,1H3/b12-8+. The van der Waals surface area contributed by atoms with E-state index in [1.807, 2.05) is 36.2 Å². The third kappa shape index (κ3) is 1.95. The van der Waals surface area contributed by atoms with Crippen LogP contribution in [0.3, 0.4) is 0 Å². The molecule has 2 aromatic rings. The Balaban J connectivity index is 1.80. The smallest absolute Gasteiger partial charge is 0.313 e. The van der Waals surface area contributed by atoms with E-state index in [4.69, 9.17) is 0 Å². The number of carbonyl (C=O) groups excluding carboxylic acids is 1. The minimum Gasteiger partial charge on any atom is -0.313 e. The molecule has 0 aliphatic carbocycles. The number of anilines is 2. The summed E-state index contributed by atoms with van der Waals surface area (Å²) >= 11 is 1.03. The van der Waals surface area contributed by atoms with Crippen LogP contribution in [0.2, 0.25) is 0 Å². The van der Waals surface area contributed by atoms with Crippen LogP contribution in [0, 0.1) is 10.1 Å². The Bertz CT molecular complexity index is 915. The molecule has 114 valence electrons. The van der Waals surface area contributed by atoms with Gasteiger partial charge in [-0.2, -0.15) is 4.99 Å². The van der Waals surface area contributed by atoms with Gasteiger partial charge in [-0.1, -0.05) is 23.5 Å². The van der Waals surface area contributed by atoms with Crippen LogP contribution < -0.4 is 9.80 Å². The number of aliphatic imine (C=N–C) groups is 1. The van der Waals surface area contributed by atoms with Crippen LogP contribution in [-0.4, -0.2) is 23.8 Å². The second-order valence-electron chi connectivity index (χ2n) is 5.06. The number of nitro groups is 1. The van der Waals surface area contributed by atoms with Crippen molar-refractivity contribution in [1.29, 1.82) is 0 Å². The minimum atomic E-state index is -0.440. The zero-order valence-corrected chi connectivity index (χ0v) is 12.8. The number of hydrogen-bond donors (Lipinski definition) is 0. The number of guanidine groups is 1. The fourth-order valence-corrected chi connectivity index (χ4v) is 3.45. The van der Waals surface area contributed by atoms with Crippen molar-refractivity contribution in [2.45, 2.75) is 0 Å². The third-order valence-corrected chi connectivity index (χ3v) is 4.70. The van der Waals surface area contributed by atoms with Crippen molar-refractivity contribution in [3.63, 3.8) is 0 Å². The molecule has 0 radical (unpaired) electrons. The first-order valence-corrected chi connectivity index (χ1v) is 7.60. The molecule has 4 rings (SSSR count). The quantitative estimate of drug-likeness (QED) is 0.482. The molecule has 0 saturated heterocycles. The monoisotopic (exact) mass is 326 g/mol. The van der Waals surface area contributed by atoms with Crippen LogP contribution >= 0.6 is 11.3 Å². The number of fused-ring (bicyclic) bond motifs is 3. The largest absolute Gasteiger partial charge is 0.324 e. The molecule has 2 aliphatic rings. The number of para-hydroxylation sites is 2. The van der Waals surface area contributed by atoms with Crippen LogP contribution in [0.1, 0.15) is 4.88 Å². The van der Waals surface area contributed by atoms with E-state index in [-0.39, 0.29) is 10.9 Å².